The summed E-state index contributed by atoms with van der Waals surface area (Å²) in [6, 6.07) is 5.75. The zero-order valence-corrected chi connectivity index (χ0v) is 11.9. The van der Waals surface area contributed by atoms with Crippen LogP contribution in [0.4, 0.5) is 4.39 Å². The molecule has 0 spiro atoms. The van der Waals surface area contributed by atoms with Crippen molar-refractivity contribution < 1.29 is 17.6 Å². The van der Waals surface area contributed by atoms with Gasteiger partial charge >= 0.3 is 0 Å². The molecule has 1 fully saturated rings. The molecule has 5 nitrogen and oxygen atoms in total. The van der Waals surface area contributed by atoms with Gasteiger partial charge in [0, 0.05) is 11.8 Å². The van der Waals surface area contributed by atoms with E-state index in [2.05, 4.69) is 5.10 Å². The van der Waals surface area contributed by atoms with Crippen LogP contribution in [0.25, 0.3) is 11.3 Å². The van der Waals surface area contributed by atoms with Crippen LogP contribution in [0.5, 0.6) is 0 Å². The third kappa shape index (κ3) is 2.61. The second kappa shape index (κ2) is 5.07. The lowest BCUT2D eigenvalue weighted by atomic mass is 10.1. The number of sulfone groups is 1. The van der Waals surface area contributed by atoms with Crippen LogP contribution in [0.1, 0.15) is 22.8 Å². The van der Waals surface area contributed by atoms with Crippen LogP contribution in [-0.2, 0) is 9.84 Å². The molecule has 1 saturated heterocycles. The van der Waals surface area contributed by atoms with Crippen LogP contribution < -0.4 is 0 Å². The molecule has 0 aliphatic carbocycles. The van der Waals surface area contributed by atoms with Gasteiger partial charge in [0.25, 0.3) is 0 Å². The second-order valence-corrected chi connectivity index (χ2v) is 7.30. The molecule has 0 bridgehead atoms. The first kappa shape index (κ1) is 13.9. The summed E-state index contributed by atoms with van der Waals surface area (Å²) in [6.07, 6.45) is 2.55. The number of rotatable bonds is 3. The number of halogens is 1. The van der Waals surface area contributed by atoms with Crippen molar-refractivity contribution in [2.75, 3.05) is 11.5 Å². The minimum atomic E-state index is -3.05. The van der Waals surface area contributed by atoms with Gasteiger partial charge in [-0.15, -0.1) is 0 Å². The maximum atomic E-state index is 13.8. The van der Waals surface area contributed by atoms with Crippen LogP contribution in [0.3, 0.4) is 0 Å². The Balaban J connectivity index is 2.04. The van der Waals surface area contributed by atoms with E-state index in [0.29, 0.717) is 12.7 Å². The second-order valence-electron chi connectivity index (χ2n) is 5.07. The van der Waals surface area contributed by atoms with Crippen molar-refractivity contribution in [1.82, 2.24) is 9.78 Å². The first-order valence-corrected chi connectivity index (χ1v) is 8.32. The standard InChI is InChI=1S/C14H13FN2O3S/c15-13-4-2-1-3-12(13)14-10(8-18)7-17(16-14)11-5-6-21(19,20)9-11/h1-4,7-8,11H,5-6,9H2. The molecule has 1 aliphatic heterocycles. The smallest absolute Gasteiger partial charge is 0.153 e. The molecule has 1 aliphatic rings. The fourth-order valence-corrected chi connectivity index (χ4v) is 4.23. The predicted molar refractivity (Wildman–Crippen MR) is 75.3 cm³/mol. The van der Waals surface area contributed by atoms with Crippen LogP contribution in [0.15, 0.2) is 30.5 Å². The van der Waals surface area contributed by atoms with Gasteiger partial charge in [-0.2, -0.15) is 5.10 Å². The van der Waals surface area contributed by atoms with E-state index in [0.717, 1.165) is 0 Å². The lowest BCUT2D eigenvalue weighted by Crippen LogP contribution is -2.11. The van der Waals surface area contributed by atoms with E-state index in [1.54, 1.807) is 18.2 Å². The molecule has 1 aromatic heterocycles. The molecule has 1 unspecified atom stereocenters. The van der Waals surface area contributed by atoms with E-state index in [1.165, 1.54) is 16.9 Å². The summed E-state index contributed by atoms with van der Waals surface area (Å²) in [7, 11) is -3.05. The maximum Gasteiger partial charge on any atom is 0.153 e. The Morgan fingerprint density at radius 2 is 2.10 bits per heavy atom. The number of nitrogens with zero attached hydrogens (tertiary/aromatic N) is 2. The molecule has 0 saturated carbocycles. The van der Waals surface area contributed by atoms with Gasteiger partial charge in [-0.3, -0.25) is 9.48 Å². The topological polar surface area (TPSA) is 69.0 Å². The zero-order chi connectivity index (χ0) is 15.0. The SMILES string of the molecule is O=Cc1cn(C2CCS(=O)(=O)C2)nc1-c1ccccc1F. The summed E-state index contributed by atoms with van der Waals surface area (Å²) in [4.78, 5) is 11.2. The molecule has 1 aromatic carbocycles. The van der Waals surface area contributed by atoms with E-state index in [-0.39, 0.29) is 34.4 Å². The van der Waals surface area contributed by atoms with Gasteiger partial charge in [0.15, 0.2) is 16.1 Å². The molecule has 2 aromatic rings. The third-order valence-corrected chi connectivity index (χ3v) is 5.35. The summed E-state index contributed by atoms with van der Waals surface area (Å²) in [6.45, 7) is 0. The fraction of sp³-hybridized carbons (Fsp3) is 0.286. The van der Waals surface area contributed by atoms with Crippen LogP contribution in [0, 0.1) is 5.82 Å². The normalized spacial score (nSPS) is 20.5. The number of benzene rings is 1. The largest absolute Gasteiger partial charge is 0.298 e. The van der Waals surface area contributed by atoms with Gasteiger partial charge in [-0.25, -0.2) is 12.8 Å². The molecule has 0 radical (unpaired) electrons. The number of aldehydes is 1. The molecule has 110 valence electrons. The molecular formula is C14H13FN2O3S. The Hall–Kier alpha value is -2.02. The first-order valence-electron chi connectivity index (χ1n) is 6.50. The minimum absolute atomic E-state index is 0.00366. The fourth-order valence-electron chi connectivity index (χ4n) is 2.53. The first-order chi connectivity index (χ1) is 10.00. The Kier molecular flexibility index (Phi) is 3.36. The minimum Gasteiger partial charge on any atom is -0.298 e. The Morgan fingerprint density at radius 1 is 1.33 bits per heavy atom. The average molecular weight is 308 g/mol. The van der Waals surface area contributed by atoms with Gasteiger partial charge in [-0.1, -0.05) is 12.1 Å². The Morgan fingerprint density at radius 3 is 2.71 bits per heavy atom. The van der Waals surface area contributed by atoms with Crippen LogP contribution in [0.2, 0.25) is 0 Å². The van der Waals surface area contributed by atoms with Crippen molar-refractivity contribution in [2.24, 2.45) is 0 Å². The predicted octanol–water partition coefficient (Wildman–Crippen LogP) is 1.86. The Bertz CT molecular complexity index is 798. The van der Waals surface area contributed by atoms with E-state index >= 15 is 0 Å². The quantitative estimate of drug-likeness (QED) is 0.812. The van der Waals surface area contributed by atoms with Gasteiger partial charge in [0.2, 0.25) is 0 Å². The number of carbonyl (C=O) groups is 1. The number of hydrogen-bond donors (Lipinski definition) is 0. The molecule has 0 N–H and O–H groups in total. The van der Waals surface area contributed by atoms with E-state index in [9.17, 15) is 17.6 Å². The Labute approximate surface area is 121 Å². The lowest BCUT2D eigenvalue weighted by molar-refractivity contribution is 0.112. The molecule has 3 rings (SSSR count). The third-order valence-electron chi connectivity index (χ3n) is 3.60. The van der Waals surface area contributed by atoms with Gasteiger partial charge in [0.05, 0.1) is 23.1 Å². The van der Waals surface area contributed by atoms with Crippen molar-refractivity contribution in [3.05, 3.63) is 41.8 Å². The number of hydrogen-bond acceptors (Lipinski definition) is 4. The summed E-state index contributed by atoms with van der Waals surface area (Å²) in [5.41, 5.74) is 0.732. The van der Waals surface area contributed by atoms with Crippen LogP contribution >= 0.6 is 0 Å². The zero-order valence-electron chi connectivity index (χ0n) is 11.1. The molecule has 0 amide bonds. The monoisotopic (exact) mass is 308 g/mol. The highest BCUT2D eigenvalue weighted by Crippen LogP contribution is 2.28. The van der Waals surface area contributed by atoms with Crippen molar-refractivity contribution >= 4 is 16.1 Å². The van der Waals surface area contributed by atoms with Gasteiger partial charge < -0.3 is 0 Å². The average Bonchev–Trinajstić information content (AvgIpc) is 3.02. The van der Waals surface area contributed by atoms with Gasteiger partial charge in [-0.05, 0) is 18.6 Å². The van der Waals surface area contributed by atoms with Crippen molar-refractivity contribution in [3.63, 3.8) is 0 Å². The number of aromatic nitrogens is 2. The van der Waals surface area contributed by atoms with E-state index in [1.807, 2.05) is 0 Å². The molecule has 7 heteroatoms. The summed E-state index contributed by atoms with van der Waals surface area (Å²) in [5, 5.41) is 4.24. The summed E-state index contributed by atoms with van der Waals surface area (Å²) >= 11 is 0. The molecule has 21 heavy (non-hydrogen) atoms. The highest BCUT2D eigenvalue weighted by atomic mass is 32.2. The highest BCUT2D eigenvalue weighted by Gasteiger charge is 2.30. The van der Waals surface area contributed by atoms with Crippen molar-refractivity contribution in [1.29, 1.82) is 0 Å². The maximum absolute atomic E-state index is 13.8. The number of carbonyl (C=O) groups excluding carboxylic acids is 1. The van der Waals surface area contributed by atoms with Crippen molar-refractivity contribution in [2.45, 2.75) is 12.5 Å². The van der Waals surface area contributed by atoms with Crippen LogP contribution in [-0.4, -0.2) is 36.0 Å². The van der Waals surface area contributed by atoms with Crippen molar-refractivity contribution in [3.8, 4) is 11.3 Å². The van der Waals surface area contributed by atoms with Gasteiger partial charge in [0.1, 0.15) is 11.5 Å². The summed E-state index contributed by atoms with van der Waals surface area (Å²) in [5.74, 6) is -0.350. The molecular weight excluding hydrogens is 295 g/mol. The molecule has 2 heterocycles. The van der Waals surface area contributed by atoms with E-state index < -0.39 is 15.7 Å². The molecule has 1 atom stereocenters. The lowest BCUT2D eigenvalue weighted by Gasteiger charge is -2.07. The van der Waals surface area contributed by atoms with E-state index in [4.69, 9.17) is 0 Å². The highest BCUT2D eigenvalue weighted by molar-refractivity contribution is 7.91. The summed E-state index contributed by atoms with van der Waals surface area (Å²) < 4.78 is 38.4.